The minimum atomic E-state index is -1.14. The van der Waals surface area contributed by atoms with Crippen molar-refractivity contribution < 1.29 is 13.6 Å². The molecule has 15 heteroatoms. The van der Waals surface area contributed by atoms with E-state index < -0.39 is 29.4 Å². The lowest BCUT2D eigenvalue weighted by atomic mass is 10.0. The molecule has 0 spiro atoms. The smallest absolute Gasteiger partial charge is 0.245 e. The zero-order chi connectivity index (χ0) is 34.0. The van der Waals surface area contributed by atoms with E-state index in [1.165, 1.54) is 29.5 Å². The Labute approximate surface area is 278 Å². The quantitative estimate of drug-likeness (QED) is 0.238. The normalized spacial score (nSPS) is 21.1. The number of imidazole rings is 1. The molecule has 6 aromatic rings. The first-order valence-corrected chi connectivity index (χ1v) is 15.8. The first-order chi connectivity index (χ1) is 23.6. The van der Waals surface area contributed by atoms with E-state index >= 15 is 0 Å². The number of rotatable bonds is 3. The van der Waals surface area contributed by atoms with Crippen LogP contribution in [0.4, 0.5) is 20.4 Å². The van der Waals surface area contributed by atoms with Crippen LogP contribution >= 0.6 is 0 Å². The van der Waals surface area contributed by atoms with Crippen LogP contribution in [0, 0.1) is 24.0 Å². The highest BCUT2D eigenvalue weighted by Gasteiger charge is 2.47. The van der Waals surface area contributed by atoms with Crippen molar-refractivity contribution in [3.05, 3.63) is 84.6 Å². The third-order valence-corrected chi connectivity index (χ3v) is 9.47. The van der Waals surface area contributed by atoms with Crippen LogP contribution in [0.3, 0.4) is 0 Å². The fraction of sp³-hybridized carbons (Fsp3) is 0.265. The molecule has 13 nitrogen and oxygen atoms in total. The van der Waals surface area contributed by atoms with Gasteiger partial charge in [0.25, 0.3) is 0 Å². The minimum absolute atomic E-state index is 0.0119. The Kier molecular flexibility index (Phi) is 7.10. The molecule has 49 heavy (non-hydrogen) atoms. The summed E-state index contributed by atoms with van der Waals surface area (Å²) in [5.74, 6) is -0.0510. The second-order valence-electron chi connectivity index (χ2n) is 12.6. The number of anilines is 2. The van der Waals surface area contributed by atoms with E-state index in [4.69, 9.17) is 21.1 Å². The maximum Gasteiger partial charge on any atom is 0.245 e. The molecule has 4 aromatic heterocycles. The van der Waals surface area contributed by atoms with Crippen molar-refractivity contribution in [2.24, 2.45) is 5.73 Å². The molecule has 3 atom stereocenters. The predicted molar refractivity (Wildman–Crippen MR) is 181 cm³/mol. The molecule has 2 aliphatic rings. The Hall–Kier alpha value is -5.83. The molecule has 0 radical (unpaired) electrons. The highest BCUT2D eigenvalue weighted by atomic mass is 19.1. The molecule has 0 saturated carbocycles. The summed E-state index contributed by atoms with van der Waals surface area (Å²) in [5.41, 5.74) is 9.63. The van der Waals surface area contributed by atoms with Crippen molar-refractivity contribution in [3.8, 4) is 16.9 Å². The predicted octanol–water partition coefficient (Wildman–Crippen LogP) is 4.04. The number of likely N-dealkylation sites (N-methyl/N-ethyl adjacent to an activating group) is 1. The molecule has 1 fully saturated rings. The Balaban J connectivity index is 1.25. The van der Waals surface area contributed by atoms with Gasteiger partial charge in [0.1, 0.15) is 47.0 Å². The molecule has 4 N–H and O–H groups in total. The third kappa shape index (κ3) is 5.04. The van der Waals surface area contributed by atoms with Gasteiger partial charge < -0.3 is 30.8 Å². The molecule has 4 bridgehead atoms. The average Bonchev–Trinajstić information content (AvgIpc) is 3.77. The number of benzene rings is 2. The molecule has 0 aliphatic carbocycles. The molecule has 1 saturated heterocycles. The molecule has 2 aliphatic heterocycles. The van der Waals surface area contributed by atoms with Gasteiger partial charge in [-0.3, -0.25) is 4.79 Å². The van der Waals surface area contributed by atoms with Gasteiger partial charge in [-0.1, -0.05) is 18.2 Å². The Morgan fingerprint density at radius 2 is 1.94 bits per heavy atom. The van der Waals surface area contributed by atoms with Gasteiger partial charge in [-0.2, -0.15) is 5.10 Å². The number of nitrogens with two attached hydrogens (primary N) is 1. The van der Waals surface area contributed by atoms with Gasteiger partial charge in [-0.25, -0.2) is 33.4 Å². The maximum absolute atomic E-state index is 14.8. The minimum Gasteiger partial charge on any atom is -0.351 e. The van der Waals surface area contributed by atoms with E-state index in [2.05, 4.69) is 25.0 Å². The van der Waals surface area contributed by atoms with E-state index in [1.807, 2.05) is 43.3 Å². The summed E-state index contributed by atoms with van der Waals surface area (Å²) in [6.07, 6.45) is 4.73. The lowest BCUT2D eigenvalue weighted by Crippen LogP contribution is -2.50. The van der Waals surface area contributed by atoms with E-state index in [0.29, 0.717) is 30.0 Å². The second-order valence-corrected chi connectivity index (χ2v) is 12.6. The van der Waals surface area contributed by atoms with Gasteiger partial charge in [0, 0.05) is 37.9 Å². The van der Waals surface area contributed by atoms with E-state index in [-0.39, 0.29) is 30.2 Å². The van der Waals surface area contributed by atoms with Crippen LogP contribution in [0.15, 0.2) is 67.1 Å². The van der Waals surface area contributed by atoms with Crippen LogP contribution in [-0.4, -0.2) is 82.6 Å². The molecule has 1 unspecified atom stereocenters. The number of hydrogen-bond acceptors (Lipinski definition) is 10. The number of hydrogen-bond donors (Lipinski definition) is 3. The van der Waals surface area contributed by atoms with Gasteiger partial charge >= 0.3 is 0 Å². The number of nitrogens with zero attached hydrogens (tertiary/aromatic N) is 9. The molecular weight excluding hydrogens is 630 g/mol. The molecule has 6 heterocycles. The van der Waals surface area contributed by atoms with Gasteiger partial charge in [0.05, 0.1) is 40.9 Å². The van der Waals surface area contributed by atoms with Crippen LogP contribution in [0.5, 0.6) is 0 Å². The maximum atomic E-state index is 14.8. The van der Waals surface area contributed by atoms with Gasteiger partial charge in [0.15, 0.2) is 11.5 Å². The summed E-state index contributed by atoms with van der Waals surface area (Å²) in [4.78, 5) is 36.5. The van der Waals surface area contributed by atoms with Crippen molar-refractivity contribution in [2.75, 3.05) is 23.8 Å². The Morgan fingerprint density at radius 3 is 2.76 bits per heavy atom. The van der Waals surface area contributed by atoms with Crippen LogP contribution in [0.2, 0.25) is 0 Å². The molecule has 248 valence electrons. The second kappa shape index (κ2) is 11.4. The first kappa shape index (κ1) is 30.5. The zero-order valence-corrected chi connectivity index (χ0v) is 26.7. The number of aryl methyl sites for hydroxylation is 2. The number of halogens is 2. The van der Waals surface area contributed by atoms with Gasteiger partial charge in [-0.15, -0.1) is 0 Å². The molecule has 2 aromatic carbocycles. The van der Waals surface area contributed by atoms with Crippen LogP contribution in [-0.2, 0) is 11.3 Å². The number of nitrogens with one attached hydrogen (secondary N) is 2. The Bertz CT molecular complexity index is 2280. The number of fused-ring (bicyclic) bond motifs is 6. The molecule has 8 rings (SSSR count). The number of carbonyl (C=O) groups excluding carboxylic acids is 1. The van der Waals surface area contributed by atoms with Crippen molar-refractivity contribution >= 4 is 45.8 Å². The lowest BCUT2D eigenvalue weighted by molar-refractivity contribution is -0.132. The zero-order valence-electron chi connectivity index (χ0n) is 26.7. The number of aromatic nitrogens is 7. The first-order valence-electron chi connectivity index (χ1n) is 15.8. The summed E-state index contributed by atoms with van der Waals surface area (Å²) in [6, 6.07) is 13.5. The monoisotopic (exact) mass is 662 g/mol. The number of carbonyl (C=O) groups is 1. The SMILES string of the molecule is Cc1nc2cccc3c2n1CCC(C=N)N(C)C(=O)[C@@H]1C[C@@](N)(CN1c1ncnc2c1cnn2-c1ccc(F)cc1F)Nc1cccc-3n1. The number of pyridine rings is 1. The van der Waals surface area contributed by atoms with E-state index in [9.17, 15) is 13.6 Å². The number of amides is 1. The van der Waals surface area contributed by atoms with Crippen LogP contribution < -0.4 is 16.0 Å². The Morgan fingerprint density at radius 1 is 1.10 bits per heavy atom. The lowest BCUT2D eigenvalue weighted by Gasteiger charge is -2.32. The highest BCUT2D eigenvalue weighted by Crippen LogP contribution is 2.36. The fourth-order valence-electron chi connectivity index (χ4n) is 7.10. The van der Waals surface area contributed by atoms with Crippen molar-refractivity contribution in [1.82, 2.24) is 39.2 Å². The average molecular weight is 663 g/mol. The molecule has 1 amide bonds. The largest absolute Gasteiger partial charge is 0.351 e. The van der Waals surface area contributed by atoms with Gasteiger partial charge in [0.2, 0.25) is 5.91 Å². The summed E-state index contributed by atoms with van der Waals surface area (Å²) < 4.78 is 31.9. The topological polar surface area (TPSA) is 160 Å². The summed E-state index contributed by atoms with van der Waals surface area (Å²) >= 11 is 0. The van der Waals surface area contributed by atoms with Crippen molar-refractivity contribution in [1.29, 1.82) is 5.41 Å². The fourth-order valence-corrected chi connectivity index (χ4v) is 7.10. The van der Waals surface area contributed by atoms with Crippen molar-refractivity contribution in [2.45, 2.75) is 44.1 Å². The molecular formula is C34H32F2N12O. The van der Waals surface area contributed by atoms with Crippen molar-refractivity contribution in [3.63, 3.8) is 0 Å². The number of para-hydroxylation sites is 1. The third-order valence-electron chi connectivity index (χ3n) is 9.47. The summed E-state index contributed by atoms with van der Waals surface area (Å²) in [7, 11) is 1.69. The summed E-state index contributed by atoms with van der Waals surface area (Å²) in [6.45, 7) is 2.60. The summed E-state index contributed by atoms with van der Waals surface area (Å²) in [5, 5.41) is 16.5. The van der Waals surface area contributed by atoms with E-state index in [0.717, 1.165) is 40.2 Å². The highest BCUT2D eigenvalue weighted by molar-refractivity contribution is 5.94. The van der Waals surface area contributed by atoms with E-state index in [1.54, 1.807) is 16.8 Å². The van der Waals surface area contributed by atoms with Gasteiger partial charge in [-0.05, 0) is 43.7 Å². The standard InChI is InChI=1S/C34H32F2N12O/c1-19-42-26-7-3-5-22-25-6-4-8-29(43-25)44-34(38)14-28(33(49)45(2)21(15-37)11-12-46(19)30(22)26)47(17-34)31-23-16-41-48(32(23)40-18-39-31)27-10-9-20(35)13-24(27)36/h3-10,13,15-16,18,21,28,37H,11-12,14,17,38H2,1-2H3,(H,43,44)/t21?,28-,34-/m0/s1. The van der Waals surface area contributed by atoms with Crippen LogP contribution in [0.1, 0.15) is 18.7 Å². The van der Waals surface area contributed by atoms with Crippen LogP contribution in [0.25, 0.3) is 39.0 Å².